The van der Waals surface area contributed by atoms with Crippen molar-refractivity contribution in [2.24, 2.45) is 0 Å². The van der Waals surface area contributed by atoms with Crippen LogP contribution in [-0.4, -0.2) is 38.7 Å². The number of hydrogen-bond donors (Lipinski definition) is 1. The van der Waals surface area contributed by atoms with E-state index in [4.69, 9.17) is 14.0 Å². The molecule has 0 radical (unpaired) electrons. The van der Waals surface area contributed by atoms with Gasteiger partial charge in [-0.1, -0.05) is 18.0 Å². The Hall–Kier alpha value is -2.15. The lowest BCUT2D eigenvalue weighted by Crippen LogP contribution is -2.37. The maximum Gasteiger partial charge on any atom is 0.317 e. The highest BCUT2D eigenvalue weighted by atomic mass is 16.5. The molecule has 2 aromatic rings. The van der Waals surface area contributed by atoms with Crippen LogP contribution in [0.4, 0.5) is 0 Å². The van der Waals surface area contributed by atoms with Crippen molar-refractivity contribution in [3.8, 4) is 11.7 Å². The van der Waals surface area contributed by atoms with Gasteiger partial charge in [-0.25, -0.2) is 0 Å². The zero-order valence-electron chi connectivity index (χ0n) is 11.6. The molecular weight excluding hydrogens is 274 g/mol. The van der Waals surface area contributed by atoms with Gasteiger partial charge in [0.2, 0.25) is 0 Å². The van der Waals surface area contributed by atoms with Crippen LogP contribution in [0.3, 0.4) is 0 Å². The first-order valence-corrected chi connectivity index (χ1v) is 7.04. The predicted molar refractivity (Wildman–Crippen MR) is 72.3 cm³/mol. The van der Waals surface area contributed by atoms with Crippen molar-refractivity contribution in [3.63, 3.8) is 0 Å². The van der Waals surface area contributed by atoms with Gasteiger partial charge < -0.3 is 14.0 Å². The molecule has 1 aliphatic carbocycles. The second-order valence-electron chi connectivity index (χ2n) is 5.23. The Bertz CT molecular complexity index is 587. The summed E-state index contributed by atoms with van der Waals surface area (Å²) < 4.78 is 10.3. The quantitative estimate of drug-likeness (QED) is 0.871. The van der Waals surface area contributed by atoms with Crippen LogP contribution >= 0.6 is 0 Å². The molecule has 0 saturated heterocycles. The lowest BCUT2D eigenvalue weighted by atomic mass is 10.2. The maximum absolute atomic E-state index is 11.0. The van der Waals surface area contributed by atoms with E-state index in [0.29, 0.717) is 24.0 Å². The molecule has 0 atom stereocenters. The van der Waals surface area contributed by atoms with Gasteiger partial charge in [0.05, 0.1) is 19.4 Å². The summed E-state index contributed by atoms with van der Waals surface area (Å²) in [7, 11) is 0. The van der Waals surface area contributed by atoms with Crippen LogP contribution in [0.15, 0.2) is 27.3 Å². The fourth-order valence-electron chi connectivity index (χ4n) is 2.76. The Kier molecular flexibility index (Phi) is 4.01. The molecule has 112 valence electrons. The average molecular weight is 291 g/mol. The molecule has 1 saturated carbocycles. The molecular formula is C14H17N3O4. The van der Waals surface area contributed by atoms with Crippen LogP contribution < -0.4 is 0 Å². The minimum Gasteiger partial charge on any atom is -0.480 e. The third-order valence-electron chi connectivity index (χ3n) is 3.72. The molecule has 1 fully saturated rings. The van der Waals surface area contributed by atoms with Crippen LogP contribution in [0, 0.1) is 0 Å². The van der Waals surface area contributed by atoms with Crippen LogP contribution in [-0.2, 0) is 11.3 Å². The van der Waals surface area contributed by atoms with Crippen LogP contribution in [0.1, 0.15) is 31.5 Å². The Morgan fingerprint density at radius 3 is 2.90 bits per heavy atom. The average Bonchev–Trinajstić information content (AvgIpc) is 3.20. The van der Waals surface area contributed by atoms with Crippen LogP contribution in [0.5, 0.6) is 0 Å². The van der Waals surface area contributed by atoms with E-state index in [2.05, 4.69) is 10.1 Å². The summed E-state index contributed by atoms with van der Waals surface area (Å²) in [4.78, 5) is 17.2. The summed E-state index contributed by atoms with van der Waals surface area (Å²) in [5.41, 5.74) is 0. The number of carboxylic acids is 1. The SMILES string of the molecule is O=C(O)CN(Cc1noc(-c2ccco2)n1)C1CCCC1. The molecule has 0 aliphatic heterocycles. The van der Waals surface area contributed by atoms with E-state index in [1.54, 1.807) is 12.1 Å². The van der Waals surface area contributed by atoms with Crippen molar-refractivity contribution in [1.82, 2.24) is 15.0 Å². The number of furan rings is 1. The van der Waals surface area contributed by atoms with Crippen LogP contribution in [0.2, 0.25) is 0 Å². The summed E-state index contributed by atoms with van der Waals surface area (Å²) in [6, 6.07) is 3.77. The van der Waals surface area contributed by atoms with Gasteiger partial charge in [0.1, 0.15) is 0 Å². The summed E-state index contributed by atoms with van der Waals surface area (Å²) in [6.07, 6.45) is 5.87. The molecule has 1 aliphatic rings. The molecule has 2 aromatic heterocycles. The molecule has 7 nitrogen and oxygen atoms in total. The molecule has 7 heteroatoms. The number of carboxylic acid groups (broad SMARTS) is 1. The largest absolute Gasteiger partial charge is 0.480 e. The summed E-state index contributed by atoms with van der Waals surface area (Å²) >= 11 is 0. The van der Waals surface area contributed by atoms with Gasteiger partial charge in [-0.3, -0.25) is 9.69 Å². The van der Waals surface area contributed by atoms with Gasteiger partial charge in [-0.15, -0.1) is 0 Å². The molecule has 0 aromatic carbocycles. The number of aliphatic carboxylic acids is 1. The van der Waals surface area contributed by atoms with Crippen LogP contribution in [0.25, 0.3) is 11.7 Å². The first-order valence-electron chi connectivity index (χ1n) is 7.04. The van der Waals surface area contributed by atoms with E-state index in [1.807, 2.05) is 4.90 Å². The fraction of sp³-hybridized carbons (Fsp3) is 0.500. The summed E-state index contributed by atoms with van der Waals surface area (Å²) in [5.74, 6) is 0.474. The smallest absolute Gasteiger partial charge is 0.317 e. The van der Waals surface area contributed by atoms with Crippen molar-refractivity contribution in [3.05, 3.63) is 24.2 Å². The number of rotatable bonds is 6. The molecule has 0 spiro atoms. The van der Waals surface area contributed by atoms with E-state index in [0.717, 1.165) is 25.7 Å². The van der Waals surface area contributed by atoms with Crippen molar-refractivity contribution in [2.75, 3.05) is 6.54 Å². The van der Waals surface area contributed by atoms with E-state index >= 15 is 0 Å². The van der Waals surface area contributed by atoms with E-state index < -0.39 is 5.97 Å². The number of hydrogen-bond acceptors (Lipinski definition) is 6. The van der Waals surface area contributed by atoms with E-state index in [-0.39, 0.29) is 12.6 Å². The van der Waals surface area contributed by atoms with E-state index in [1.165, 1.54) is 6.26 Å². The third kappa shape index (κ3) is 3.30. The second kappa shape index (κ2) is 6.09. The van der Waals surface area contributed by atoms with E-state index in [9.17, 15) is 4.79 Å². The molecule has 1 N–H and O–H groups in total. The van der Waals surface area contributed by atoms with Gasteiger partial charge in [0, 0.05) is 6.04 Å². The van der Waals surface area contributed by atoms with Crippen molar-refractivity contribution in [1.29, 1.82) is 0 Å². The molecule has 0 amide bonds. The number of aromatic nitrogens is 2. The minimum atomic E-state index is -0.836. The van der Waals surface area contributed by atoms with Crippen molar-refractivity contribution < 1.29 is 18.8 Å². The lowest BCUT2D eigenvalue weighted by Gasteiger charge is -2.25. The topological polar surface area (TPSA) is 92.6 Å². The summed E-state index contributed by atoms with van der Waals surface area (Å²) in [5, 5.41) is 13.0. The van der Waals surface area contributed by atoms with Gasteiger partial charge >= 0.3 is 5.97 Å². The monoisotopic (exact) mass is 291 g/mol. The van der Waals surface area contributed by atoms with Gasteiger partial charge in [-0.05, 0) is 25.0 Å². The molecule has 3 rings (SSSR count). The van der Waals surface area contributed by atoms with Crippen molar-refractivity contribution >= 4 is 5.97 Å². The molecule has 21 heavy (non-hydrogen) atoms. The summed E-state index contributed by atoms with van der Waals surface area (Å²) in [6.45, 7) is 0.371. The Morgan fingerprint density at radius 2 is 2.24 bits per heavy atom. The molecule has 0 bridgehead atoms. The Balaban J connectivity index is 1.71. The third-order valence-corrected chi connectivity index (χ3v) is 3.72. The highest BCUT2D eigenvalue weighted by Crippen LogP contribution is 2.25. The number of nitrogens with zero attached hydrogens (tertiary/aromatic N) is 3. The first kappa shape index (κ1) is 13.8. The zero-order chi connectivity index (χ0) is 14.7. The van der Waals surface area contributed by atoms with Crippen molar-refractivity contribution in [2.45, 2.75) is 38.3 Å². The lowest BCUT2D eigenvalue weighted by molar-refractivity contribution is -0.139. The minimum absolute atomic E-state index is 0.00467. The highest BCUT2D eigenvalue weighted by Gasteiger charge is 2.26. The second-order valence-corrected chi connectivity index (χ2v) is 5.23. The molecule has 2 heterocycles. The number of carbonyl (C=O) groups is 1. The van der Waals surface area contributed by atoms with Gasteiger partial charge in [0.15, 0.2) is 11.6 Å². The first-order chi connectivity index (χ1) is 10.2. The van der Waals surface area contributed by atoms with Gasteiger partial charge in [0.25, 0.3) is 5.89 Å². The fourth-order valence-corrected chi connectivity index (χ4v) is 2.76. The normalized spacial score (nSPS) is 15.9. The van der Waals surface area contributed by atoms with Gasteiger partial charge in [-0.2, -0.15) is 4.98 Å². The molecule has 0 unspecified atom stereocenters. The predicted octanol–water partition coefficient (Wildman–Crippen LogP) is 2.16. The standard InChI is InChI=1S/C14H17N3O4/c18-13(19)9-17(10-4-1-2-5-10)8-12-15-14(21-16-12)11-6-3-7-20-11/h3,6-7,10H,1-2,4-5,8-9H2,(H,18,19). The highest BCUT2D eigenvalue weighted by molar-refractivity contribution is 5.69. The Morgan fingerprint density at radius 1 is 1.43 bits per heavy atom. The maximum atomic E-state index is 11.0. The Labute approximate surface area is 121 Å². The zero-order valence-corrected chi connectivity index (χ0v) is 11.6.